The third-order valence-electron chi connectivity index (χ3n) is 5.77. The molecule has 160 valence electrons. The van der Waals surface area contributed by atoms with Gasteiger partial charge in [-0.25, -0.2) is 4.39 Å². The highest BCUT2D eigenvalue weighted by molar-refractivity contribution is 6.36. The molecule has 1 fully saturated rings. The Labute approximate surface area is 178 Å². The van der Waals surface area contributed by atoms with Crippen molar-refractivity contribution in [3.63, 3.8) is 0 Å². The second-order valence-corrected chi connectivity index (χ2v) is 7.69. The highest BCUT2D eigenvalue weighted by Gasteiger charge is 2.27. The van der Waals surface area contributed by atoms with Crippen LogP contribution in [0, 0.1) is 11.7 Å². The predicted molar refractivity (Wildman–Crippen MR) is 112 cm³/mol. The standard InChI is InChI=1S/C23H22FN3O4/c1-31-22-18(11-17-19(20(29)13-28)12-25-21(17)26-22)23(30)27-8-6-15(7-9-27)10-14-2-4-16(24)5-3-14/h2-5,11-13,15H,6-10H2,1H3,(H,25,26). The van der Waals surface area contributed by atoms with Crippen LogP contribution in [-0.4, -0.2) is 53.0 Å². The number of fused-ring (bicyclic) bond motifs is 1. The molecule has 0 spiro atoms. The molecule has 1 amide bonds. The summed E-state index contributed by atoms with van der Waals surface area (Å²) in [6.07, 6.45) is 4.16. The van der Waals surface area contributed by atoms with Crippen LogP contribution in [0.4, 0.5) is 4.39 Å². The van der Waals surface area contributed by atoms with Crippen molar-refractivity contribution in [2.75, 3.05) is 20.2 Å². The Balaban J connectivity index is 1.50. The molecule has 1 N–H and O–H groups in total. The summed E-state index contributed by atoms with van der Waals surface area (Å²) >= 11 is 0. The van der Waals surface area contributed by atoms with E-state index in [-0.39, 0.29) is 35.0 Å². The molecular weight excluding hydrogens is 401 g/mol. The number of methoxy groups -OCH3 is 1. The van der Waals surface area contributed by atoms with Gasteiger partial charge in [0.25, 0.3) is 5.91 Å². The molecule has 1 aromatic carbocycles. The van der Waals surface area contributed by atoms with Gasteiger partial charge < -0.3 is 14.6 Å². The lowest BCUT2D eigenvalue weighted by Crippen LogP contribution is -2.39. The first-order valence-electron chi connectivity index (χ1n) is 10.1. The second-order valence-electron chi connectivity index (χ2n) is 7.69. The SMILES string of the molecule is COc1nc2[nH]cc(C(=O)C=O)c2cc1C(=O)N1CCC(Cc2ccc(F)cc2)CC1. The smallest absolute Gasteiger partial charge is 0.259 e. The first-order chi connectivity index (χ1) is 15.0. The van der Waals surface area contributed by atoms with Crippen molar-refractivity contribution in [2.24, 2.45) is 5.92 Å². The van der Waals surface area contributed by atoms with E-state index in [1.807, 2.05) is 0 Å². The zero-order chi connectivity index (χ0) is 22.0. The molecule has 8 heteroatoms. The van der Waals surface area contributed by atoms with Crippen molar-refractivity contribution < 1.29 is 23.5 Å². The largest absolute Gasteiger partial charge is 0.480 e. The number of amides is 1. The molecule has 1 aliphatic rings. The van der Waals surface area contributed by atoms with Crippen LogP contribution in [0.1, 0.15) is 39.1 Å². The van der Waals surface area contributed by atoms with Gasteiger partial charge in [-0.15, -0.1) is 0 Å². The molecule has 4 rings (SSSR count). The molecule has 7 nitrogen and oxygen atoms in total. The van der Waals surface area contributed by atoms with E-state index in [9.17, 15) is 18.8 Å². The lowest BCUT2D eigenvalue weighted by Gasteiger charge is -2.32. The number of carbonyl (C=O) groups excluding carboxylic acids is 3. The van der Waals surface area contributed by atoms with Crippen LogP contribution in [0.25, 0.3) is 11.0 Å². The zero-order valence-electron chi connectivity index (χ0n) is 17.1. The number of aldehydes is 1. The van der Waals surface area contributed by atoms with Crippen LogP contribution in [0.15, 0.2) is 36.5 Å². The molecule has 2 aromatic heterocycles. The van der Waals surface area contributed by atoms with Gasteiger partial charge in [-0.3, -0.25) is 14.4 Å². The summed E-state index contributed by atoms with van der Waals surface area (Å²) in [5.41, 5.74) is 1.89. The number of hydrogen-bond acceptors (Lipinski definition) is 5. The van der Waals surface area contributed by atoms with Gasteiger partial charge in [-0.05, 0) is 48.9 Å². The fourth-order valence-electron chi connectivity index (χ4n) is 4.07. The van der Waals surface area contributed by atoms with E-state index in [4.69, 9.17) is 4.74 Å². The number of aromatic amines is 1. The quantitative estimate of drug-likeness (QED) is 0.373. The monoisotopic (exact) mass is 423 g/mol. The number of pyridine rings is 1. The third-order valence-corrected chi connectivity index (χ3v) is 5.77. The molecule has 0 aliphatic carbocycles. The number of ether oxygens (including phenoxy) is 1. The number of piperidine rings is 1. The zero-order valence-corrected chi connectivity index (χ0v) is 17.1. The highest BCUT2D eigenvalue weighted by Crippen LogP contribution is 2.28. The van der Waals surface area contributed by atoms with Crippen molar-refractivity contribution in [1.29, 1.82) is 0 Å². The molecule has 0 bridgehead atoms. The number of Topliss-reactive ketones (excluding diaryl/α,β-unsaturated/α-hetero) is 1. The Kier molecular flexibility index (Phi) is 5.79. The molecule has 1 aliphatic heterocycles. The second kappa shape index (κ2) is 8.67. The number of nitrogens with one attached hydrogen (secondary N) is 1. The molecule has 0 radical (unpaired) electrons. The number of likely N-dealkylation sites (tertiary alicyclic amines) is 1. The predicted octanol–water partition coefficient (Wildman–Crippen LogP) is 3.19. The van der Waals surface area contributed by atoms with Gasteiger partial charge >= 0.3 is 0 Å². The molecule has 0 saturated carbocycles. The summed E-state index contributed by atoms with van der Waals surface area (Å²) in [5.74, 6) is -0.573. The highest BCUT2D eigenvalue weighted by atomic mass is 19.1. The lowest BCUT2D eigenvalue weighted by atomic mass is 9.90. The minimum Gasteiger partial charge on any atom is -0.480 e. The minimum absolute atomic E-state index is 0.165. The molecule has 0 atom stereocenters. The van der Waals surface area contributed by atoms with Gasteiger partial charge in [0, 0.05) is 24.7 Å². The van der Waals surface area contributed by atoms with Gasteiger partial charge in [0.2, 0.25) is 11.7 Å². The Morgan fingerprint density at radius 2 is 1.94 bits per heavy atom. The topological polar surface area (TPSA) is 92.4 Å². The fraction of sp³-hybridized carbons (Fsp3) is 0.304. The number of aromatic nitrogens is 2. The van der Waals surface area contributed by atoms with Crippen LogP contribution in [-0.2, 0) is 11.2 Å². The minimum atomic E-state index is -0.682. The number of H-pyrrole nitrogens is 1. The van der Waals surface area contributed by atoms with E-state index in [0.29, 0.717) is 30.0 Å². The first kappa shape index (κ1) is 20.7. The van der Waals surface area contributed by atoms with Crippen LogP contribution in [0.2, 0.25) is 0 Å². The van der Waals surface area contributed by atoms with E-state index in [1.54, 1.807) is 23.1 Å². The Bertz CT molecular complexity index is 1130. The summed E-state index contributed by atoms with van der Waals surface area (Å²) < 4.78 is 18.4. The number of nitrogens with zero attached hydrogens (tertiary/aromatic N) is 2. The van der Waals surface area contributed by atoms with Crippen LogP contribution < -0.4 is 4.74 Å². The summed E-state index contributed by atoms with van der Waals surface area (Å²) in [4.78, 5) is 44.9. The van der Waals surface area contributed by atoms with Crippen molar-refractivity contribution in [3.05, 3.63) is 59.0 Å². The Morgan fingerprint density at radius 1 is 1.23 bits per heavy atom. The summed E-state index contributed by atoms with van der Waals surface area (Å²) in [6, 6.07) is 8.09. The van der Waals surface area contributed by atoms with Crippen molar-refractivity contribution in [3.8, 4) is 5.88 Å². The molecule has 3 heterocycles. The number of hydrogen-bond donors (Lipinski definition) is 1. The van der Waals surface area contributed by atoms with Crippen molar-refractivity contribution in [1.82, 2.24) is 14.9 Å². The third kappa shape index (κ3) is 4.19. The molecule has 3 aromatic rings. The molecule has 31 heavy (non-hydrogen) atoms. The maximum absolute atomic E-state index is 13.2. The molecule has 1 saturated heterocycles. The van der Waals surface area contributed by atoms with E-state index >= 15 is 0 Å². The number of carbonyl (C=O) groups is 3. The van der Waals surface area contributed by atoms with Crippen LogP contribution in [0.5, 0.6) is 5.88 Å². The number of rotatable bonds is 6. The van der Waals surface area contributed by atoms with Crippen molar-refractivity contribution in [2.45, 2.75) is 19.3 Å². The number of ketones is 1. The summed E-state index contributed by atoms with van der Waals surface area (Å²) in [6.45, 7) is 1.16. The maximum Gasteiger partial charge on any atom is 0.259 e. The number of benzene rings is 1. The lowest BCUT2D eigenvalue weighted by molar-refractivity contribution is -0.104. The van der Waals surface area contributed by atoms with Gasteiger partial charge in [-0.1, -0.05) is 12.1 Å². The molecular formula is C23H22FN3O4. The van der Waals surface area contributed by atoms with E-state index in [1.165, 1.54) is 25.4 Å². The van der Waals surface area contributed by atoms with Crippen LogP contribution in [0.3, 0.4) is 0 Å². The first-order valence-corrected chi connectivity index (χ1v) is 10.1. The Morgan fingerprint density at radius 3 is 2.58 bits per heavy atom. The van der Waals surface area contributed by atoms with Gasteiger partial charge in [0.05, 0.1) is 12.7 Å². The normalized spacial score (nSPS) is 14.6. The van der Waals surface area contributed by atoms with Gasteiger partial charge in [-0.2, -0.15) is 4.98 Å². The average molecular weight is 423 g/mol. The van der Waals surface area contributed by atoms with Crippen molar-refractivity contribution >= 4 is 29.0 Å². The Hall–Kier alpha value is -3.55. The average Bonchev–Trinajstić information content (AvgIpc) is 3.22. The van der Waals surface area contributed by atoms with Gasteiger partial charge in [0.15, 0.2) is 6.29 Å². The van der Waals surface area contributed by atoms with E-state index < -0.39 is 5.78 Å². The maximum atomic E-state index is 13.2. The fourth-order valence-corrected chi connectivity index (χ4v) is 4.07. The van der Waals surface area contributed by atoms with Gasteiger partial charge in [0.1, 0.15) is 17.0 Å². The summed E-state index contributed by atoms with van der Waals surface area (Å²) in [5, 5.41) is 0.410. The number of halogens is 1. The van der Waals surface area contributed by atoms with E-state index in [0.717, 1.165) is 24.8 Å². The van der Waals surface area contributed by atoms with E-state index in [2.05, 4.69) is 9.97 Å². The molecule has 0 unspecified atom stereocenters. The summed E-state index contributed by atoms with van der Waals surface area (Å²) in [7, 11) is 1.43. The van der Waals surface area contributed by atoms with Crippen LogP contribution >= 0.6 is 0 Å².